The van der Waals surface area contributed by atoms with Crippen molar-refractivity contribution in [2.24, 2.45) is 5.92 Å². The first-order chi connectivity index (χ1) is 22.3. The third-order valence-electron chi connectivity index (χ3n) is 8.76. The maximum absolute atomic E-state index is 6.43. The second-order valence-electron chi connectivity index (χ2n) is 12.3. The molecule has 46 heavy (non-hydrogen) atoms. The van der Waals surface area contributed by atoms with Crippen LogP contribution in [0.25, 0.3) is 21.8 Å². The molecule has 0 radical (unpaired) electrons. The van der Waals surface area contributed by atoms with Crippen LogP contribution in [-0.2, 0) is 12.8 Å². The van der Waals surface area contributed by atoms with Gasteiger partial charge in [-0.15, -0.1) is 0 Å². The molecule has 7 rings (SSSR count). The Morgan fingerprint density at radius 2 is 1.26 bits per heavy atom. The molecule has 1 aliphatic carbocycles. The van der Waals surface area contributed by atoms with Gasteiger partial charge >= 0.3 is 0 Å². The molecular formula is C40H38N6. The van der Waals surface area contributed by atoms with E-state index in [2.05, 4.69) is 84.3 Å². The van der Waals surface area contributed by atoms with Gasteiger partial charge in [-0.05, 0) is 139 Å². The Morgan fingerprint density at radius 1 is 0.609 bits per heavy atom. The van der Waals surface area contributed by atoms with E-state index in [1.807, 2.05) is 54.6 Å². The van der Waals surface area contributed by atoms with Gasteiger partial charge in [-0.2, -0.15) is 0 Å². The van der Waals surface area contributed by atoms with Crippen molar-refractivity contribution in [2.75, 3.05) is 27.8 Å². The molecule has 1 aromatic heterocycles. The third kappa shape index (κ3) is 6.52. The average Bonchev–Trinajstić information content (AvgIpc) is 3.05. The summed E-state index contributed by atoms with van der Waals surface area (Å²) in [7, 11) is 0. The van der Waals surface area contributed by atoms with Gasteiger partial charge in [0, 0.05) is 50.6 Å². The second kappa shape index (κ2) is 12.3. The number of fused-ring (bicyclic) bond motifs is 2. The molecule has 1 atom stereocenters. The van der Waals surface area contributed by atoms with Crippen LogP contribution in [0.2, 0.25) is 0 Å². The Kier molecular flexibility index (Phi) is 7.77. The molecule has 0 fully saturated rings. The lowest BCUT2D eigenvalue weighted by molar-refractivity contribution is 0.646. The van der Waals surface area contributed by atoms with Gasteiger partial charge in [0.2, 0.25) is 0 Å². The number of aromatic nitrogens is 1. The predicted molar refractivity (Wildman–Crippen MR) is 195 cm³/mol. The lowest BCUT2D eigenvalue weighted by atomic mass is 9.87. The predicted octanol–water partition coefficient (Wildman–Crippen LogP) is 8.97. The Bertz CT molecular complexity index is 2110. The number of nitrogens with two attached hydrogens (primary N) is 3. The molecule has 228 valence electrons. The number of anilines is 6. The molecule has 0 amide bonds. The number of nitrogens with one attached hydrogen (secondary N) is 2. The number of nitrogens with zero attached hydrogens (tertiary/aromatic N) is 1. The second-order valence-corrected chi connectivity index (χ2v) is 12.3. The largest absolute Gasteiger partial charge is 0.399 e. The minimum Gasteiger partial charge on any atom is -0.399 e. The first-order valence-corrected chi connectivity index (χ1v) is 15.7. The topological polar surface area (TPSA) is 115 Å². The summed E-state index contributed by atoms with van der Waals surface area (Å²) in [5, 5.41) is 9.23. The van der Waals surface area contributed by atoms with Gasteiger partial charge in [-0.3, -0.25) is 0 Å². The molecule has 5 aromatic carbocycles. The molecule has 0 saturated carbocycles. The quantitative estimate of drug-likeness (QED) is 0.0877. The zero-order chi connectivity index (χ0) is 31.6. The highest BCUT2D eigenvalue weighted by atomic mass is 14.9. The lowest BCUT2D eigenvalue weighted by Gasteiger charge is -2.23. The molecule has 6 aromatic rings. The first kappa shape index (κ1) is 29.0. The summed E-state index contributed by atoms with van der Waals surface area (Å²) in [5.74, 6) is 0.462. The van der Waals surface area contributed by atoms with Crippen LogP contribution in [0.1, 0.15) is 30.0 Å². The van der Waals surface area contributed by atoms with Crippen LogP contribution >= 0.6 is 0 Å². The molecule has 0 saturated heterocycles. The number of allylic oxidation sites excluding steroid dienone is 4. The monoisotopic (exact) mass is 602 g/mol. The summed E-state index contributed by atoms with van der Waals surface area (Å²) in [6, 6.07) is 37.1. The molecule has 1 aliphatic rings. The van der Waals surface area contributed by atoms with Crippen molar-refractivity contribution >= 4 is 55.9 Å². The standard InChI is InChI=1S/C40H38N6/c1-25-18-36(44-35-12-6-32(41)7-13-35)11-5-28(25)19-26-2-9-34(10-3-26)45-37-14-15-38(43)29(24-37)20-27-4-16-39-30(21-27)22-31-23-33(42)8-17-40(31)46-39/h2-17,21-25,44-45H,18-20,41-43H2,1H3. The van der Waals surface area contributed by atoms with Crippen molar-refractivity contribution in [3.63, 3.8) is 0 Å². The van der Waals surface area contributed by atoms with E-state index in [1.165, 1.54) is 22.4 Å². The van der Waals surface area contributed by atoms with Gasteiger partial charge < -0.3 is 27.8 Å². The van der Waals surface area contributed by atoms with Gasteiger partial charge in [0.15, 0.2) is 0 Å². The zero-order valence-corrected chi connectivity index (χ0v) is 25.9. The van der Waals surface area contributed by atoms with Crippen LogP contribution in [0.3, 0.4) is 0 Å². The van der Waals surface area contributed by atoms with Crippen LogP contribution in [0.15, 0.2) is 133 Å². The summed E-state index contributed by atoms with van der Waals surface area (Å²) in [6.07, 6.45) is 7.11. The van der Waals surface area contributed by atoms with Gasteiger partial charge in [0.05, 0.1) is 11.0 Å². The smallest absolute Gasteiger partial charge is 0.0711 e. The highest BCUT2D eigenvalue weighted by Gasteiger charge is 2.16. The number of hydrogen-bond donors (Lipinski definition) is 5. The fraction of sp³-hybridized carbons (Fsp3) is 0.125. The summed E-state index contributed by atoms with van der Waals surface area (Å²) in [5.41, 5.74) is 31.8. The number of rotatable bonds is 8. The van der Waals surface area contributed by atoms with Crippen LogP contribution in [0.5, 0.6) is 0 Å². The molecule has 6 heteroatoms. The molecule has 8 N–H and O–H groups in total. The number of nitrogen functional groups attached to an aromatic ring is 3. The van der Waals surface area contributed by atoms with E-state index in [-0.39, 0.29) is 0 Å². The Morgan fingerprint density at radius 3 is 2.04 bits per heavy atom. The van der Waals surface area contributed by atoms with E-state index < -0.39 is 0 Å². The van der Waals surface area contributed by atoms with Crippen molar-refractivity contribution < 1.29 is 0 Å². The van der Waals surface area contributed by atoms with Crippen LogP contribution in [0, 0.1) is 5.92 Å². The molecule has 0 spiro atoms. The third-order valence-corrected chi connectivity index (χ3v) is 8.76. The van der Waals surface area contributed by atoms with E-state index in [0.717, 1.165) is 80.8 Å². The van der Waals surface area contributed by atoms with E-state index in [0.29, 0.717) is 5.92 Å². The van der Waals surface area contributed by atoms with E-state index in [9.17, 15) is 0 Å². The van der Waals surface area contributed by atoms with Crippen LogP contribution in [0.4, 0.5) is 34.1 Å². The van der Waals surface area contributed by atoms with Crippen molar-refractivity contribution in [3.05, 3.63) is 149 Å². The first-order valence-electron chi connectivity index (χ1n) is 15.7. The Hall–Kier alpha value is -5.75. The zero-order valence-electron chi connectivity index (χ0n) is 25.9. The van der Waals surface area contributed by atoms with Crippen molar-refractivity contribution in [1.82, 2.24) is 4.98 Å². The Labute approximate surface area is 269 Å². The van der Waals surface area contributed by atoms with Crippen LogP contribution in [-0.4, -0.2) is 4.98 Å². The number of pyridine rings is 1. The normalized spacial score (nSPS) is 14.6. The lowest BCUT2D eigenvalue weighted by Crippen LogP contribution is -2.12. The molecule has 1 unspecified atom stereocenters. The average molecular weight is 603 g/mol. The Balaban J connectivity index is 1.01. The van der Waals surface area contributed by atoms with E-state index in [1.54, 1.807) is 0 Å². The van der Waals surface area contributed by atoms with Gasteiger partial charge in [-0.1, -0.05) is 36.8 Å². The van der Waals surface area contributed by atoms with Gasteiger partial charge in [0.1, 0.15) is 0 Å². The van der Waals surface area contributed by atoms with E-state index >= 15 is 0 Å². The van der Waals surface area contributed by atoms with Crippen molar-refractivity contribution in [1.29, 1.82) is 0 Å². The molecule has 6 nitrogen and oxygen atoms in total. The summed E-state index contributed by atoms with van der Waals surface area (Å²) < 4.78 is 0. The highest BCUT2D eigenvalue weighted by Crippen LogP contribution is 2.30. The minimum absolute atomic E-state index is 0.462. The fourth-order valence-corrected chi connectivity index (χ4v) is 6.16. The van der Waals surface area contributed by atoms with Gasteiger partial charge in [0.25, 0.3) is 0 Å². The maximum atomic E-state index is 6.43. The summed E-state index contributed by atoms with van der Waals surface area (Å²) in [6.45, 7) is 2.30. The summed E-state index contributed by atoms with van der Waals surface area (Å²) in [4.78, 5) is 4.81. The SMILES string of the molecule is CC1CC(Nc2ccc(N)cc2)=CC=C1Cc1ccc(Nc2ccc(N)c(Cc3ccc4nc5ccc(N)cc5cc4c3)c2)cc1. The van der Waals surface area contributed by atoms with E-state index in [4.69, 9.17) is 22.2 Å². The fourth-order valence-electron chi connectivity index (χ4n) is 6.16. The molecular weight excluding hydrogens is 564 g/mol. The molecule has 1 heterocycles. The highest BCUT2D eigenvalue weighted by molar-refractivity contribution is 5.94. The summed E-state index contributed by atoms with van der Waals surface area (Å²) >= 11 is 0. The number of hydrogen-bond acceptors (Lipinski definition) is 6. The van der Waals surface area contributed by atoms with Crippen LogP contribution < -0.4 is 27.8 Å². The number of benzene rings is 5. The van der Waals surface area contributed by atoms with Crippen molar-refractivity contribution in [2.45, 2.75) is 26.2 Å². The molecule has 0 aliphatic heterocycles. The van der Waals surface area contributed by atoms with Gasteiger partial charge in [-0.25, -0.2) is 4.98 Å². The van der Waals surface area contributed by atoms with Crippen molar-refractivity contribution in [3.8, 4) is 0 Å². The maximum Gasteiger partial charge on any atom is 0.0711 e. The minimum atomic E-state index is 0.462. The molecule has 0 bridgehead atoms.